The molecule has 100 heavy (non-hydrogen) atoms. The molecule has 0 radical (unpaired) electrons. The largest absolute Gasteiger partial charge is 0.478 e. The van der Waals surface area contributed by atoms with E-state index in [1.165, 1.54) is 36.2 Å². The molecule has 8 rings (SSSR count). The Labute approximate surface area is 593 Å². The summed E-state index contributed by atoms with van der Waals surface area (Å²) in [5.41, 5.74) is 10.7. The molecule has 8 aromatic rings. The molecule has 1 N–H and O–H groups in total. The lowest BCUT2D eigenvalue weighted by Crippen LogP contribution is -2.13. The van der Waals surface area contributed by atoms with Crippen molar-refractivity contribution in [1.82, 2.24) is 15.0 Å². The van der Waals surface area contributed by atoms with Gasteiger partial charge in [0.2, 0.25) is 0 Å². The number of pyridine rings is 3. The predicted octanol–water partition coefficient (Wildman–Crippen LogP) is 21.9. The second-order valence-corrected chi connectivity index (χ2v) is 32.1. The Morgan fingerprint density at radius 2 is 0.750 bits per heavy atom. The third kappa shape index (κ3) is 31.7. The summed E-state index contributed by atoms with van der Waals surface area (Å²) in [6, 6.07) is 47.3. The minimum atomic E-state index is -0.853. The minimum absolute atomic E-state index is 0.00208. The Hall–Kier alpha value is -9.98. The lowest BCUT2D eigenvalue weighted by atomic mass is 9.85. The summed E-state index contributed by atoms with van der Waals surface area (Å²) in [6.07, 6.45) is 4.78. The zero-order valence-corrected chi connectivity index (χ0v) is 63.8. The van der Waals surface area contributed by atoms with Gasteiger partial charge in [0.1, 0.15) is 6.20 Å². The molecule has 20 nitrogen and oxygen atoms in total. The van der Waals surface area contributed by atoms with Gasteiger partial charge in [0.15, 0.2) is 0 Å². The van der Waals surface area contributed by atoms with E-state index in [1.807, 2.05) is 146 Å². The second kappa shape index (κ2) is 37.3. The fraction of sp³-hybridized carbons (Fsp3) is 0.425. The number of nitro benzene ring substituents is 3. The van der Waals surface area contributed by atoms with Crippen LogP contribution in [0, 0.1) is 64.4 Å². The van der Waals surface area contributed by atoms with Crippen molar-refractivity contribution in [2.45, 2.75) is 223 Å². The fourth-order valence-electron chi connectivity index (χ4n) is 8.77. The number of carbonyl (C=O) groups is 1. The molecule has 3 heterocycles. The molecule has 20 heteroatoms. The van der Waals surface area contributed by atoms with Gasteiger partial charge in [-0.25, -0.2) is 4.79 Å². The Kier molecular flexibility index (Phi) is 32.8. The van der Waals surface area contributed by atoms with E-state index in [4.69, 9.17) is 5.11 Å². The number of nitro groups is 5. The van der Waals surface area contributed by atoms with Gasteiger partial charge in [-0.3, -0.25) is 50.4 Å². The zero-order valence-electron chi connectivity index (χ0n) is 63.8. The first-order valence-electron chi connectivity index (χ1n) is 32.8. The quantitative estimate of drug-likeness (QED) is 0.120. The van der Waals surface area contributed by atoms with Crippen molar-refractivity contribution in [3.8, 4) is 0 Å². The van der Waals surface area contributed by atoms with E-state index in [2.05, 4.69) is 134 Å². The van der Waals surface area contributed by atoms with Crippen molar-refractivity contribution in [2.75, 3.05) is 0 Å². The van der Waals surface area contributed by atoms with Gasteiger partial charge in [-0.05, 0) is 114 Å². The van der Waals surface area contributed by atoms with Crippen molar-refractivity contribution >= 4 is 34.5 Å². The standard InChI is InChI=1S/C12H16O2.C11H15NO2.2C10H13NO2.C10H14.2C9H12N2O2.C9H13N/c1-8-5-6-9(12(2,3)4)7-10(8)11(13)14;1-8-5-6-9(11(2,3)4)10(7-8)12(13)14;1-10(2,3)8-4-6-9(7-5-8)11(12)13;1-10(2,3)8-6-4-5-7-9(8)11(12)13;1-10(2,3)9-7-5-4-6-8-9;1-9(2,3)8-6-7(11(12)13)4-5-10-8;1-9(2,3)7-4-5-10-8(6-7)11(12)13;1-9(2,3)8-6-4-5-7-10-8/h5-7H,1-4H3,(H,13,14);5-7H,1-4H3;2*4-7H,1-3H3;4-8H,1-3H3;2*4-6H,1-3H3;4-7H,1-3H3. The molecule has 5 aromatic carbocycles. The molecule has 540 valence electrons. The van der Waals surface area contributed by atoms with Gasteiger partial charge < -0.3 is 15.2 Å². The van der Waals surface area contributed by atoms with Crippen LogP contribution in [0.3, 0.4) is 0 Å². The first-order chi connectivity index (χ1) is 45.5. The highest BCUT2D eigenvalue weighted by atomic mass is 16.6. The summed E-state index contributed by atoms with van der Waals surface area (Å²) >= 11 is 0. The molecular formula is C80H108N8O12. The van der Waals surface area contributed by atoms with Crippen LogP contribution < -0.4 is 0 Å². The van der Waals surface area contributed by atoms with Crippen LogP contribution in [0.2, 0.25) is 0 Å². The zero-order chi connectivity index (χ0) is 77.3. The molecule has 0 saturated heterocycles. The number of rotatable bonds is 6. The number of aromatic nitrogens is 3. The van der Waals surface area contributed by atoms with Gasteiger partial charge in [0.25, 0.3) is 22.7 Å². The molecule has 0 saturated carbocycles. The van der Waals surface area contributed by atoms with Crippen LogP contribution in [0.5, 0.6) is 0 Å². The SMILES string of the molecule is CC(C)(C)c1cc([N+](=O)[O-])ccn1.CC(C)(C)c1ccc([N+](=O)[O-])cc1.CC(C)(C)c1ccccc1.CC(C)(C)c1ccccc1[N+](=O)[O-].CC(C)(C)c1ccccn1.CC(C)(C)c1ccnc([N+](=O)[O-])c1.Cc1ccc(C(C)(C)C)c([N+](=O)[O-])c1.Cc1ccc(C(C)(C)C)cc1C(=O)O. The molecule has 3 aromatic heterocycles. The smallest absolute Gasteiger partial charge is 0.363 e. The Balaban J connectivity index is 0.000000573. The van der Waals surface area contributed by atoms with Crippen molar-refractivity contribution in [3.63, 3.8) is 0 Å². The normalized spacial score (nSPS) is 11.4. The molecule has 0 spiro atoms. The molecule has 0 bridgehead atoms. The van der Waals surface area contributed by atoms with E-state index in [1.54, 1.807) is 60.7 Å². The van der Waals surface area contributed by atoms with E-state index in [9.17, 15) is 55.4 Å². The molecule has 0 aliphatic heterocycles. The summed E-state index contributed by atoms with van der Waals surface area (Å²) in [5.74, 6) is -0.943. The second-order valence-electron chi connectivity index (χ2n) is 32.1. The topological polar surface area (TPSA) is 292 Å². The predicted molar refractivity (Wildman–Crippen MR) is 404 cm³/mol. The lowest BCUT2D eigenvalue weighted by Gasteiger charge is -2.19. The number of hydrogen-bond donors (Lipinski definition) is 1. The van der Waals surface area contributed by atoms with Gasteiger partial charge in [0, 0.05) is 82.5 Å². The maximum Gasteiger partial charge on any atom is 0.363 e. The number of aryl methyl sites for hydroxylation is 2. The molecule has 0 unspecified atom stereocenters. The lowest BCUT2D eigenvalue weighted by molar-refractivity contribution is -0.389. The van der Waals surface area contributed by atoms with Crippen molar-refractivity contribution < 1.29 is 34.5 Å². The first kappa shape index (κ1) is 88.0. The average molecular weight is 1370 g/mol. The summed E-state index contributed by atoms with van der Waals surface area (Å²) in [7, 11) is 0. The fourth-order valence-corrected chi connectivity index (χ4v) is 8.77. The van der Waals surface area contributed by atoms with Crippen LogP contribution in [-0.4, -0.2) is 50.6 Å². The Morgan fingerprint density at radius 3 is 1.14 bits per heavy atom. The Morgan fingerprint density at radius 1 is 0.330 bits per heavy atom. The molecule has 0 fully saturated rings. The van der Waals surface area contributed by atoms with Gasteiger partial charge in [-0.1, -0.05) is 257 Å². The van der Waals surface area contributed by atoms with E-state index in [0.717, 1.165) is 50.3 Å². The summed E-state index contributed by atoms with van der Waals surface area (Å²) < 4.78 is 0. The number of hydrogen-bond acceptors (Lipinski definition) is 14. The number of benzene rings is 5. The third-order valence-corrected chi connectivity index (χ3v) is 14.9. The third-order valence-electron chi connectivity index (χ3n) is 14.9. The van der Waals surface area contributed by atoms with Gasteiger partial charge in [-0.15, -0.1) is 0 Å². The van der Waals surface area contributed by atoms with Crippen LogP contribution in [0.15, 0.2) is 176 Å². The van der Waals surface area contributed by atoms with Gasteiger partial charge >= 0.3 is 11.8 Å². The monoisotopic (exact) mass is 1370 g/mol. The Bertz CT molecular complexity index is 3830. The number of para-hydroxylation sites is 1. The number of carboxylic acids is 1. The molecule has 0 amide bonds. The van der Waals surface area contributed by atoms with Crippen LogP contribution in [0.25, 0.3) is 0 Å². The molecule has 0 aliphatic rings. The van der Waals surface area contributed by atoms with Crippen molar-refractivity contribution in [2.24, 2.45) is 0 Å². The van der Waals surface area contributed by atoms with Crippen molar-refractivity contribution in [3.05, 3.63) is 288 Å². The highest BCUT2D eigenvalue weighted by Gasteiger charge is 2.26. The van der Waals surface area contributed by atoms with Crippen LogP contribution in [0.1, 0.15) is 232 Å². The van der Waals surface area contributed by atoms with E-state index >= 15 is 0 Å². The van der Waals surface area contributed by atoms with E-state index < -0.39 is 15.8 Å². The van der Waals surface area contributed by atoms with E-state index in [-0.39, 0.29) is 81.2 Å². The number of carboxylic acid groups (broad SMARTS) is 1. The molecule has 0 aliphatic carbocycles. The number of nitrogens with zero attached hydrogens (tertiary/aromatic N) is 8. The van der Waals surface area contributed by atoms with Crippen LogP contribution in [0.4, 0.5) is 28.6 Å². The summed E-state index contributed by atoms with van der Waals surface area (Å²) in [5, 5.41) is 61.7. The first-order valence-corrected chi connectivity index (χ1v) is 32.8. The highest BCUT2D eigenvalue weighted by Crippen LogP contribution is 2.33. The molecule has 0 atom stereocenters. The van der Waals surface area contributed by atoms with Crippen molar-refractivity contribution in [1.29, 1.82) is 0 Å². The summed E-state index contributed by atoms with van der Waals surface area (Å²) in [6.45, 7) is 53.1. The van der Waals surface area contributed by atoms with Gasteiger partial charge in [0.05, 0.1) is 31.0 Å². The minimum Gasteiger partial charge on any atom is -0.478 e. The van der Waals surface area contributed by atoms with Gasteiger partial charge in [-0.2, -0.15) is 0 Å². The average Bonchev–Trinajstić information content (AvgIpc) is 0.830. The van der Waals surface area contributed by atoms with Crippen LogP contribution in [-0.2, 0) is 43.3 Å². The molecular weight excluding hydrogens is 1260 g/mol. The van der Waals surface area contributed by atoms with E-state index in [0.29, 0.717) is 11.0 Å². The highest BCUT2D eigenvalue weighted by molar-refractivity contribution is 5.89. The van der Waals surface area contributed by atoms with Crippen LogP contribution >= 0.6 is 0 Å². The summed E-state index contributed by atoms with van der Waals surface area (Å²) in [4.78, 5) is 73.7. The number of aromatic carboxylic acids is 1. The maximum absolute atomic E-state index is 10.9. The maximum atomic E-state index is 10.9. The number of non-ortho nitro benzene ring substituents is 1.